The number of ketones is 1. The number of hydrogen-bond acceptors (Lipinski definition) is 5. The molecule has 0 heterocycles. The summed E-state index contributed by atoms with van der Waals surface area (Å²) in [5.74, 6) is 0.707. The number of hydrogen-bond donors (Lipinski definition) is 1. The number of allylic oxidation sites excluding steroid dienone is 2. The Kier molecular flexibility index (Phi) is 6.68. The standard InChI is InChI=1S/C22H31NO4/c1-8-17(23-27-9-2)21-18(24)10-16(11-19(21)25)20-14(5)12(3)13(4)15(6)22(20)26-7/h16,24H,8-11H2,1-7H3/b23-17-. The van der Waals surface area contributed by atoms with Crippen molar-refractivity contribution in [3.05, 3.63) is 39.1 Å². The molecule has 1 N–H and O–H groups in total. The number of Topliss-reactive ketones (excluding diaryl/α,β-unsaturated/α-hetero) is 1. The highest BCUT2D eigenvalue weighted by molar-refractivity contribution is 6.23. The molecule has 1 aliphatic rings. The molecule has 0 amide bonds. The van der Waals surface area contributed by atoms with E-state index in [0.29, 0.717) is 37.2 Å². The van der Waals surface area contributed by atoms with Gasteiger partial charge in [0.1, 0.15) is 18.1 Å². The average Bonchev–Trinajstić information content (AvgIpc) is 2.64. The largest absolute Gasteiger partial charge is 0.511 e. The van der Waals surface area contributed by atoms with Crippen molar-refractivity contribution >= 4 is 11.5 Å². The molecule has 27 heavy (non-hydrogen) atoms. The maximum Gasteiger partial charge on any atom is 0.168 e. The Morgan fingerprint density at radius 3 is 2.22 bits per heavy atom. The van der Waals surface area contributed by atoms with Gasteiger partial charge < -0.3 is 14.7 Å². The van der Waals surface area contributed by atoms with Crippen LogP contribution >= 0.6 is 0 Å². The monoisotopic (exact) mass is 373 g/mol. The average molecular weight is 373 g/mol. The summed E-state index contributed by atoms with van der Waals surface area (Å²) in [6.07, 6.45) is 1.25. The van der Waals surface area contributed by atoms with Gasteiger partial charge in [-0.25, -0.2) is 0 Å². The van der Waals surface area contributed by atoms with E-state index in [9.17, 15) is 9.90 Å². The van der Waals surface area contributed by atoms with Crippen molar-refractivity contribution in [1.29, 1.82) is 0 Å². The number of aliphatic hydroxyl groups is 1. The van der Waals surface area contributed by atoms with Gasteiger partial charge in [-0.1, -0.05) is 12.1 Å². The van der Waals surface area contributed by atoms with E-state index in [-0.39, 0.29) is 17.5 Å². The van der Waals surface area contributed by atoms with E-state index in [2.05, 4.69) is 25.9 Å². The lowest BCUT2D eigenvalue weighted by molar-refractivity contribution is -0.116. The molecule has 1 atom stereocenters. The van der Waals surface area contributed by atoms with Crippen LogP contribution in [0.1, 0.15) is 66.8 Å². The zero-order valence-electron chi connectivity index (χ0n) is 17.5. The molecular formula is C22H31NO4. The molecule has 1 aliphatic carbocycles. The van der Waals surface area contributed by atoms with Gasteiger partial charge >= 0.3 is 0 Å². The maximum absolute atomic E-state index is 12.9. The van der Waals surface area contributed by atoms with E-state index in [1.54, 1.807) is 7.11 Å². The molecule has 148 valence electrons. The lowest BCUT2D eigenvalue weighted by Crippen LogP contribution is -2.24. The number of nitrogens with zero attached hydrogens (tertiary/aromatic N) is 1. The summed E-state index contributed by atoms with van der Waals surface area (Å²) < 4.78 is 5.71. The Balaban J connectivity index is 2.53. The topological polar surface area (TPSA) is 68.1 Å². The molecular weight excluding hydrogens is 342 g/mol. The molecule has 1 aromatic carbocycles. The van der Waals surface area contributed by atoms with Crippen molar-refractivity contribution in [3.63, 3.8) is 0 Å². The fourth-order valence-corrected chi connectivity index (χ4v) is 3.92. The quantitative estimate of drug-likeness (QED) is 0.563. The minimum atomic E-state index is -0.112. The predicted octanol–water partition coefficient (Wildman–Crippen LogP) is 4.99. The van der Waals surface area contributed by atoms with Crippen LogP contribution in [-0.4, -0.2) is 30.3 Å². The van der Waals surface area contributed by atoms with Gasteiger partial charge in [-0.3, -0.25) is 4.79 Å². The molecule has 5 heteroatoms. The Hall–Kier alpha value is -2.30. The van der Waals surface area contributed by atoms with Gasteiger partial charge in [-0.15, -0.1) is 0 Å². The van der Waals surface area contributed by atoms with E-state index in [4.69, 9.17) is 9.57 Å². The Labute approximate surface area is 162 Å². The first-order chi connectivity index (χ1) is 12.8. The van der Waals surface area contributed by atoms with E-state index < -0.39 is 0 Å². The van der Waals surface area contributed by atoms with Crippen LogP contribution < -0.4 is 4.74 Å². The van der Waals surface area contributed by atoms with Crippen LogP contribution in [0, 0.1) is 27.7 Å². The van der Waals surface area contributed by atoms with Crippen molar-refractivity contribution in [1.82, 2.24) is 0 Å². The van der Waals surface area contributed by atoms with E-state index in [1.165, 1.54) is 11.1 Å². The molecule has 1 unspecified atom stereocenters. The molecule has 5 nitrogen and oxygen atoms in total. The van der Waals surface area contributed by atoms with Crippen molar-refractivity contribution in [2.45, 2.75) is 66.7 Å². The maximum atomic E-state index is 12.9. The summed E-state index contributed by atoms with van der Waals surface area (Å²) in [6.45, 7) is 12.4. The second kappa shape index (κ2) is 8.59. The molecule has 0 aromatic heterocycles. The van der Waals surface area contributed by atoms with E-state index >= 15 is 0 Å². The SMILES string of the molecule is CCO/N=C(/CC)C1=C(O)CC(c2c(C)c(C)c(C)c(C)c2OC)CC1=O. The normalized spacial score (nSPS) is 18.1. The van der Waals surface area contributed by atoms with Crippen molar-refractivity contribution in [2.75, 3.05) is 13.7 Å². The van der Waals surface area contributed by atoms with Gasteiger partial charge in [-0.2, -0.15) is 0 Å². The highest BCUT2D eigenvalue weighted by Gasteiger charge is 2.34. The Bertz CT molecular complexity index is 805. The first-order valence-electron chi connectivity index (χ1n) is 9.57. The second-order valence-electron chi connectivity index (χ2n) is 7.11. The van der Waals surface area contributed by atoms with E-state index in [0.717, 1.165) is 22.4 Å². The molecule has 0 saturated heterocycles. The number of carbonyl (C=O) groups is 1. The highest BCUT2D eigenvalue weighted by Crippen LogP contribution is 2.43. The van der Waals surface area contributed by atoms with Crippen LogP contribution in [0.15, 0.2) is 16.5 Å². The fourth-order valence-electron chi connectivity index (χ4n) is 3.92. The molecule has 1 aromatic rings. The summed E-state index contributed by atoms with van der Waals surface area (Å²) in [5.41, 5.74) is 6.48. The summed E-state index contributed by atoms with van der Waals surface area (Å²) in [5, 5.41) is 14.7. The number of oxime groups is 1. The predicted molar refractivity (Wildman–Crippen MR) is 108 cm³/mol. The van der Waals surface area contributed by atoms with Gasteiger partial charge in [-0.05, 0) is 63.3 Å². The number of carbonyl (C=O) groups excluding carboxylic acids is 1. The first kappa shape index (κ1) is 21.0. The molecule has 0 saturated carbocycles. The number of methoxy groups -OCH3 is 1. The van der Waals surface area contributed by atoms with Crippen LogP contribution in [0.3, 0.4) is 0 Å². The summed E-state index contributed by atoms with van der Waals surface area (Å²) in [4.78, 5) is 18.0. The number of rotatable bonds is 6. The number of benzene rings is 1. The van der Waals surface area contributed by atoms with Crippen LogP contribution in [-0.2, 0) is 9.63 Å². The minimum Gasteiger partial charge on any atom is -0.511 e. The zero-order chi connectivity index (χ0) is 20.3. The zero-order valence-corrected chi connectivity index (χ0v) is 17.5. The summed E-state index contributed by atoms with van der Waals surface area (Å²) in [6, 6.07) is 0. The summed E-state index contributed by atoms with van der Waals surface area (Å²) >= 11 is 0. The third-order valence-corrected chi connectivity index (χ3v) is 5.66. The molecule has 2 rings (SSSR count). The van der Waals surface area contributed by atoms with Crippen molar-refractivity contribution < 1.29 is 19.5 Å². The molecule has 0 radical (unpaired) electrons. The lowest BCUT2D eigenvalue weighted by atomic mass is 9.77. The van der Waals surface area contributed by atoms with E-state index in [1.807, 2.05) is 20.8 Å². The molecule has 0 spiro atoms. The Morgan fingerprint density at radius 1 is 1.07 bits per heavy atom. The van der Waals surface area contributed by atoms with Gasteiger partial charge in [0.05, 0.1) is 18.4 Å². The van der Waals surface area contributed by atoms with Crippen LogP contribution in [0.25, 0.3) is 0 Å². The third-order valence-electron chi connectivity index (χ3n) is 5.66. The van der Waals surface area contributed by atoms with Crippen molar-refractivity contribution in [2.24, 2.45) is 5.16 Å². The van der Waals surface area contributed by atoms with Gasteiger partial charge in [0, 0.05) is 24.3 Å². The minimum absolute atomic E-state index is 0.0916. The highest BCUT2D eigenvalue weighted by atomic mass is 16.6. The number of ether oxygens (including phenoxy) is 1. The lowest BCUT2D eigenvalue weighted by Gasteiger charge is -2.29. The summed E-state index contributed by atoms with van der Waals surface area (Å²) in [7, 11) is 1.66. The van der Waals surface area contributed by atoms with Crippen LogP contribution in [0.5, 0.6) is 5.75 Å². The molecule has 0 bridgehead atoms. The van der Waals surface area contributed by atoms with Gasteiger partial charge in [0.15, 0.2) is 5.78 Å². The number of aliphatic hydroxyl groups excluding tert-OH is 1. The smallest absolute Gasteiger partial charge is 0.168 e. The van der Waals surface area contributed by atoms with Gasteiger partial charge in [0.25, 0.3) is 0 Å². The Morgan fingerprint density at radius 2 is 1.70 bits per heavy atom. The van der Waals surface area contributed by atoms with Crippen LogP contribution in [0.4, 0.5) is 0 Å². The fraction of sp³-hybridized carbons (Fsp3) is 0.545. The van der Waals surface area contributed by atoms with Crippen molar-refractivity contribution in [3.8, 4) is 5.75 Å². The third kappa shape index (κ3) is 3.87. The molecule has 0 aliphatic heterocycles. The van der Waals surface area contributed by atoms with Gasteiger partial charge in [0.2, 0.25) is 0 Å². The first-order valence-corrected chi connectivity index (χ1v) is 9.57. The second-order valence-corrected chi connectivity index (χ2v) is 7.11. The van der Waals surface area contributed by atoms with Crippen LogP contribution in [0.2, 0.25) is 0 Å². The molecule has 0 fully saturated rings.